The Bertz CT molecular complexity index is 3390. The summed E-state index contributed by atoms with van der Waals surface area (Å²) in [6.07, 6.45) is 5.92. The second-order valence-corrected chi connectivity index (χ2v) is 25.0. The summed E-state index contributed by atoms with van der Waals surface area (Å²) in [5, 5.41) is 23.2. The van der Waals surface area contributed by atoms with E-state index in [1.54, 1.807) is 11.6 Å². The van der Waals surface area contributed by atoms with Crippen LogP contribution < -0.4 is 26.5 Å². The highest BCUT2D eigenvalue weighted by Crippen LogP contribution is 2.35. The van der Waals surface area contributed by atoms with E-state index in [1.807, 2.05) is 92.9 Å². The zero-order valence-electron chi connectivity index (χ0n) is 48.7. The zero-order valence-corrected chi connectivity index (χ0v) is 49.5. The highest BCUT2D eigenvalue weighted by Gasteiger charge is 2.44. The minimum atomic E-state index is -0.855. The van der Waals surface area contributed by atoms with Gasteiger partial charge in [0.05, 0.1) is 48.0 Å². The molecule has 11 rings (SSSR count). The van der Waals surface area contributed by atoms with Crippen LogP contribution in [0.15, 0.2) is 77.6 Å². The van der Waals surface area contributed by atoms with Gasteiger partial charge in [-0.05, 0) is 164 Å². The van der Waals surface area contributed by atoms with Crippen LogP contribution in [0.1, 0.15) is 131 Å². The molecule has 4 atom stereocenters. The number of rotatable bonds is 10. The minimum Gasteiger partial charge on any atom is -0.444 e. The first-order valence-corrected chi connectivity index (χ1v) is 29.6. The second kappa shape index (κ2) is 24.4. The number of imide groups is 1. The highest BCUT2D eigenvalue weighted by molar-refractivity contribution is 6.00. The lowest BCUT2D eigenvalue weighted by Crippen LogP contribution is -2.61. The summed E-state index contributed by atoms with van der Waals surface area (Å²) < 4.78 is 14.7. The van der Waals surface area contributed by atoms with Crippen LogP contribution in [0.2, 0.25) is 0 Å². The van der Waals surface area contributed by atoms with Crippen molar-refractivity contribution >= 4 is 75.3 Å². The Hall–Kier alpha value is -6.91. The fraction of sp³-hybridized carbons (Fsp3) is 0.531. The molecule has 6 fully saturated rings. The average molecular weight is 1150 g/mol. The minimum absolute atomic E-state index is 0. The number of halogens is 1. The number of nitrogens with zero attached hydrogens (tertiary/aromatic N) is 6. The van der Waals surface area contributed by atoms with Crippen molar-refractivity contribution in [1.82, 2.24) is 34.5 Å². The van der Waals surface area contributed by atoms with E-state index in [0.717, 1.165) is 64.8 Å². The van der Waals surface area contributed by atoms with E-state index < -0.39 is 23.2 Å². The molecule has 5 aromatic rings. The van der Waals surface area contributed by atoms with Crippen molar-refractivity contribution in [3.63, 3.8) is 0 Å². The molecule has 0 spiro atoms. The number of benzene rings is 4. The Labute approximate surface area is 492 Å². The van der Waals surface area contributed by atoms with Gasteiger partial charge < -0.3 is 39.9 Å². The fourth-order valence-electron chi connectivity index (χ4n) is 13.6. The molecule has 3 unspecified atom stereocenters. The molecule has 7 heterocycles. The summed E-state index contributed by atoms with van der Waals surface area (Å²) >= 11 is 0. The maximum absolute atomic E-state index is 14.0. The summed E-state index contributed by atoms with van der Waals surface area (Å²) in [4.78, 5) is 87.3. The van der Waals surface area contributed by atoms with E-state index in [0.29, 0.717) is 101 Å². The fourth-order valence-corrected chi connectivity index (χ4v) is 13.6. The number of carbonyl (C=O) groups is 5. The first-order chi connectivity index (χ1) is 39.3. The summed E-state index contributed by atoms with van der Waals surface area (Å²) in [6.45, 7) is 15.3. The second-order valence-electron chi connectivity index (χ2n) is 25.0. The average Bonchev–Trinajstić information content (AvgIpc) is 3.77. The van der Waals surface area contributed by atoms with E-state index in [9.17, 15) is 33.9 Å². The number of aryl methyl sites for hydroxylation is 2. The van der Waals surface area contributed by atoms with E-state index in [1.165, 1.54) is 4.57 Å². The van der Waals surface area contributed by atoms with Crippen molar-refractivity contribution in [3.05, 3.63) is 106 Å². The number of morpholine rings is 1. The number of aromatic nitrogens is 2. The van der Waals surface area contributed by atoms with Crippen molar-refractivity contribution < 1.29 is 38.6 Å². The van der Waals surface area contributed by atoms with Crippen LogP contribution in [0, 0.1) is 30.6 Å². The van der Waals surface area contributed by atoms with Gasteiger partial charge in [-0.25, -0.2) is 9.59 Å². The van der Waals surface area contributed by atoms with Crippen LogP contribution in [-0.4, -0.2) is 147 Å². The van der Waals surface area contributed by atoms with Gasteiger partial charge in [-0.1, -0.05) is 48.2 Å². The molecule has 0 aliphatic carbocycles. The molecule has 18 nitrogen and oxygen atoms in total. The lowest BCUT2D eigenvalue weighted by atomic mass is 9.87. The van der Waals surface area contributed by atoms with Crippen molar-refractivity contribution in [3.8, 4) is 11.8 Å². The van der Waals surface area contributed by atoms with Gasteiger partial charge in [0.25, 0.3) is 5.91 Å². The maximum atomic E-state index is 14.0. The number of likely N-dealkylation sites (tertiary alicyclic amines) is 2. The predicted molar refractivity (Wildman–Crippen MR) is 322 cm³/mol. The van der Waals surface area contributed by atoms with Crippen LogP contribution in [0.5, 0.6) is 0 Å². The quantitative estimate of drug-likeness (QED) is 0.0790. The first-order valence-electron chi connectivity index (χ1n) is 29.6. The van der Waals surface area contributed by atoms with Crippen LogP contribution in [0.3, 0.4) is 0 Å². The summed E-state index contributed by atoms with van der Waals surface area (Å²) in [5.41, 5.74) is 4.90. The number of nitrogens with one attached hydrogen (secondary N) is 3. The van der Waals surface area contributed by atoms with Gasteiger partial charge in [0.15, 0.2) is 0 Å². The monoisotopic (exact) mass is 1150 g/mol. The molecule has 83 heavy (non-hydrogen) atoms. The third-order valence-corrected chi connectivity index (χ3v) is 18.1. The zero-order chi connectivity index (χ0) is 57.6. The van der Waals surface area contributed by atoms with Gasteiger partial charge in [0.1, 0.15) is 11.6 Å². The molecule has 6 aliphatic rings. The molecule has 0 radical (unpaired) electrons. The Morgan fingerprint density at radius 2 is 1.55 bits per heavy atom. The molecule has 5 amide bonds. The van der Waals surface area contributed by atoms with E-state index in [4.69, 9.17) is 9.47 Å². The Balaban J connectivity index is 0.00000769. The number of amides is 5. The normalized spacial score (nSPS) is 23.0. The number of hydrogen-bond acceptors (Lipinski definition) is 12. The van der Waals surface area contributed by atoms with Gasteiger partial charge >= 0.3 is 11.8 Å². The van der Waals surface area contributed by atoms with Gasteiger partial charge in [-0.15, -0.1) is 12.4 Å². The predicted octanol–water partition coefficient (Wildman–Crippen LogP) is 7.60. The molecule has 4 N–H and O–H groups in total. The largest absolute Gasteiger partial charge is 0.444 e. The van der Waals surface area contributed by atoms with Crippen LogP contribution in [0.4, 0.5) is 16.2 Å². The molecular weight excluding hydrogens is 1070 g/mol. The lowest BCUT2D eigenvalue weighted by Gasteiger charge is -2.48. The number of aliphatic hydroxyl groups is 1. The summed E-state index contributed by atoms with van der Waals surface area (Å²) in [7, 11) is 1.70. The number of hydrogen-bond donors (Lipinski definition) is 4. The third kappa shape index (κ3) is 12.8. The number of β-amino-alcohol motifs (C(OH)–C–C–N with tert-alkyl or cyclic N) is 1. The molecule has 2 bridgehead atoms. The van der Waals surface area contributed by atoms with E-state index >= 15 is 0 Å². The molecule has 442 valence electrons. The number of piperidine rings is 5. The van der Waals surface area contributed by atoms with Crippen LogP contribution in [0.25, 0.3) is 21.8 Å². The molecule has 6 saturated heterocycles. The number of imidazole rings is 1. The van der Waals surface area contributed by atoms with Gasteiger partial charge in [0.2, 0.25) is 17.7 Å². The highest BCUT2D eigenvalue weighted by atomic mass is 35.5. The third-order valence-electron chi connectivity index (χ3n) is 18.1. The number of ether oxygens (including phenoxy) is 2. The first kappa shape index (κ1) is 59.3. The lowest BCUT2D eigenvalue weighted by molar-refractivity contribution is -0.141. The molecule has 4 aromatic carbocycles. The SMILES string of the molecule is Cc1ccc(NC2CC3COCC(C2)N3C(=O)OC(C)(C)C)cc1C(=O)N[C@H](C)c1ccc(C#CC2CCN(CC3(O)CCN(C(=O)C4CCN(c5ccc6c(c5)n(C)c(=O)n6C5CCC(=O)NC5=O)CC4)CC3)CC2)c2ccccc12.Cl. The van der Waals surface area contributed by atoms with Crippen molar-refractivity contribution in [2.24, 2.45) is 18.9 Å². The molecular formula is C64H80ClN9O9. The van der Waals surface area contributed by atoms with Gasteiger partial charge in [-0.2, -0.15) is 0 Å². The van der Waals surface area contributed by atoms with Crippen LogP contribution in [-0.2, 0) is 30.9 Å². The van der Waals surface area contributed by atoms with Crippen molar-refractivity contribution in [1.29, 1.82) is 0 Å². The van der Waals surface area contributed by atoms with Crippen LogP contribution >= 0.6 is 12.4 Å². The number of carbonyl (C=O) groups excluding carboxylic acids is 5. The molecule has 19 heteroatoms. The van der Waals surface area contributed by atoms with E-state index in [2.05, 4.69) is 61.9 Å². The number of anilines is 2. The molecule has 6 aliphatic heterocycles. The maximum Gasteiger partial charge on any atom is 0.410 e. The van der Waals surface area contributed by atoms with Gasteiger partial charge in [0, 0.05) is 86.6 Å². The summed E-state index contributed by atoms with van der Waals surface area (Å²) in [5.74, 6) is 6.49. The molecule has 0 saturated carbocycles. The summed E-state index contributed by atoms with van der Waals surface area (Å²) in [6, 6.07) is 23.0. The number of fused-ring (bicyclic) bond motifs is 4. The van der Waals surface area contributed by atoms with Crippen molar-refractivity contribution in [2.45, 2.75) is 140 Å². The molecule has 1 aromatic heterocycles. The van der Waals surface area contributed by atoms with E-state index in [-0.39, 0.29) is 90.8 Å². The Morgan fingerprint density at radius 1 is 0.855 bits per heavy atom. The Morgan fingerprint density at radius 3 is 2.24 bits per heavy atom. The standard InChI is InChI=1S/C64H79N9O9.ClH/c1-40-11-15-45(66-46-33-48-37-81-38-49(34-46)72(48)62(79)82-63(3,4)5)35-53(40)58(75)65-41(2)50-17-14-43(51-9-7-8-10-52(50)51)13-12-42-21-27-69(28-22-42)39-64(80)25-31-71(32-26-64)60(77)44-23-29-70(30-24-44)47-16-18-54-56(36-47)68(6)61(78)73(54)55-19-20-57(74)67-59(55)76;/h7-11,14-18,35-36,41-42,44,46,48-49,55,66,80H,19-34,37-39H2,1-6H3,(H,65,75)(H,67,74,76);1H/t41-,46?,48?,49?,55?;/m1./s1. The van der Waals surface area contributed by atoms with Crippen molar-refractivity contribution in [2.75, 3.05) is 69.2 Å². The smallest absolute Gasteiger partial charge is 0.410 e. The Kier molecular flexibility index (Phi) is 17.4. The van der Waals surface area contributed by atoms with Gasteiger partial charge in [-0.3, -0.25) is 38.5 Å². The topological polar surface area (TPSA) is 200 Å².